The molecule has 0 radical (unpaired) electrons. The molecule has 5 heteroatoms. The zero-order chi connectivity index (χ0) is 13.0. The summed E-state index contributed by atoms with van der Waals surface area (Å²) in [6.07, 6.45) is 4.34. The zero-order valence-corrected chi connectivity index (χ0v) is 10.3. The van der Waals surface area contributed by atoms with Gasteiger partial charge in [-0.25, -0.2) is 9.78 Å². The number of hydrogen-bond acceptors (Lipinski definition) is 4. The van der Waals surface area contributed by atoms with Gasteiger partial charge in [-0.05, 0) is 25.0 Å². The highest BCUT2D eigenvalue weighted by Crippen LogP contribution is 2.17. The molecule has 0 bridgehead atoms. The third-order valence-electron chi connectivity index (χ3n) is 3.07. The van der Waals surface area contributed by atoms with E-state index < -0.39 is 5.97 Å². The number of aromatic nitrogens is 1. The van der Waals surface area contributed by atoms with Crippen molar-refractivity contribution in [3.8, 4) is 0 Å². The number of hydrogen-bond donors (Lipinski definition) is 1. The van der Waals surface area contributed by atoms with E-state index in [4.69, 9.17) is 0 Å². The Kier molecular flexibility index (Phi) is 3.92. The lowest BCUT2D eigenvalue weighted by molar-refractivity contribution is 0.0594. The smallest absolute Gasteiger partial charge is 0.356 e. The molecule has 0 saturated heterocycles. The summed E-state index contributed by atoms with van der Waals surface area (Å²) in [7, 11) is 1.29. The van der Waals surface area contributed by atoms with Crippen LogP contribution in [0.5, 0.6) is 0 Å². The summed E-state index contributed by atoms with van der Waals surface area (Å²) in [4.78, 5) is 27.3. The summed E-state index contributed by atoms with van der Waals surface area (Å²) in [5.74, 6) is -0.766. The Labute approximate surface area is 106 Å². The van der Waals surface area contributed by atoms with Gasteiger partial charge in [0.15, 0.2) is 0 Å². The number of nitrogens with one attached hydrogen (secondary N) is 1. The lowest BCUT2D eigenvalue weighted by Gasteiger charge is -2.11. The van der Waals surface area contributed by atoms with E-state index in [-0.39, 0.29) is 23.3 Å². The molecular weight excluding hydrogens is 232 g/mol. The maximum absolute atomic E-state index is 11.9. The van der Waals surface area contributed by atoms with Gasteiger partial charge in [-0.1, -0.05) is 18.9 Å². The van der Waals surface area contributed by atoms with Gasteiger partial charge in [-0.2, -0.15) is 0 Å². The highest BCUT2D eigenvalue weighted by molar-refractivity contribution is 5.94. The molecule has 1 amide bonds. The Balaban J connectivity index is 2.07. The van der Waals surface area contributed by atoms with E-state index in [1.54, 1.807) is 12.1 Å². The number of esters is 1. The molecule has 1 aliphatic rings. The average Bonchev–Trinajstić information content (AvgIpc) is 2.90. The van der Waals surface area contributed by atoms with E-state index in [0.29, 0.717) is 0 Å². The molecule has 2 rings (SSSR count). The Bertz CT molecular complexity index is 453. The topological polar surface area (TPSA) is 68.3 Å². The number of carbonyl (C=O) groups excluding carboxylic acids is 2. The molecule has 0 aliphatic heterocycles. The molecule has 1 aromatic rings. The quantitative estimate of drug-likeness (QED) is 0.824. The van der Waals surface area contributed by atoms with Gasteiger partial charge >= 0.3 is 5.97 Å². The molecule has 1 aliphatic carbocycles. The standard InChI is InChI=1S/C13H16N2O3/c1-18-13(17)11-8-4-7-10(15-11)12(16)14-9-5-2-3-6-9/h4,7-9H,2-3,5-6H2,1H3,(H,14,16). The van der Waals surface area contributed by atoms with Crippen LogP contribution in [0.2, 0.25) is 0 Å². The van der Waals surface area contributed by atoms with Gasteiger partial charge in [-0.3, -0.25) is 4.79 Å². The molecule has 5 nitrogen and oxygen atoms in total. The van der Waals surface area contributed by atoms with E-state index in [2.05, 4.69) is 15.0 Å². The highest BCUT2D eigenvalue weighted by atomic mass is 16.5. The third-order valence-corrected chi connectivity index (χ3v) is 3.07. The summed E-state index contributed by atoms with van der Waals surface area (Å²) in [6.45, 7) is 0. The lowest BCUT2D eigenvalue weighted by atomic mass is 10.2. The number of amides is 1. The molecule has 0 spiro atoms. The number of carbonyl (C=O) groups is 2. The van der Waals surface area contributed by atoms with Crippen LogP contribution in [0.25, 0.3) is 0 Å². The predicted octanol–water partition coefficient (Wildman–Crippen LogP) is 1.54. The van der Waals surface area contributed by atoms with Gasteiger partial charge in [0.05, 0.1) is 7.11 Å². The summed E-state index contributed by atoms with van der Waals surface area (Å²) >= 11 is 0. The van der Waals surface area contributed by atoms with Crippen molar-refractivity contribution >= 4 is 11.9 Å². The van der Waals surface area contributed by atoms with Crippen LogP contribution in [0.15, 0.2) is 18.2 Å². The first-order valence-electron chi connectivity index (χ1n) is 6.07. The number of pyridine rings is 1. The molecular formula is C13H16N2O3. The molecule has 0 atom stereocenters. The normalized spacial score (nSPS) is 15.4. The van der Waals surface area contributed by atoms with Crippen LogP contribution in [0, 0.1) is 0 Å². The van der Waals surface area contributed by atoms with Crippen molar-refractivity contribution in [2.75, 3.05) is 7.11 Å². The molecule has 96 valence electrons. The Hall–Kier alpha value is -1.91. The fraction of sp³-hybridized carbons (Fsp3) is 0.462. The first kappa shape index (κ1) is 12.5. The SMILES string of the molecule is COC(=O)c1cccc(C(=O)NC2CCCC2)n1. The molecule has 0 aromatic carbocycles. The minimum atomic E-state index is -0.537. The Morgan fingerprint density at radius 3 is 2.61 bits per heavy atom. The summed E-state index contributed by atoms with van der Waals surface area (Å²) in [5, 5.41) is 2.93. The average molecular weight is 248 g/mol. The predicted molar refractivity (Wildman–Crippen MR) is 65.3 cm³/mol. The number of ether oxygens (including phenoxy) is 1. The van der Waals surface area contributed by atoms with Gasteiger partial charge in [0.1, 0.15) is 11.4 Å². The first-order chi connectivity index (χ1) is 8.70. The minimum Gasteiger partial charge on any atom is -0.464 e. The number of rotatable bonds is 3. The van der Waals surface area contributed by atoms with Crippen molar-refractivity contribution in [1.82, 2.24) is 10.3 Å². The van der Waals surface area contributed by atoms with E-state index in [9.17, 15) is 9.59 Å². The number of methoxy groups -OCH3 is 1. The van der Waals surface area contributed by atoms with Crippen molar-refractivity contribution in [2.45, 2.75) is 31.7 Å². The van der Waals surface area contributed by atoms with Gasteiger partial charge < -0.3 is 10.1 Å². The summed E-state index contributed by atoms with van der Waals surface area (Å²) < 4.78 is 4.57. The largest absolute Gasteiger partial charge is 0.464 e. The van der Waals surface area contributed by atoms with E-state index in [1.165, 1.54) is 13.2 Å². The lowest BCUT2D eigenvalue weighted by Crippen LogP contribution is -2.33. The second kappa shape index (κ2) is 5.62. The fourth-order valence-corrected chi connectivity index (χ4v) is 2.11. The molecule has 1 aromatic heterocycles. The van der Waals surface area contributed by atoms with Gasteiger partial charge in [0, 0.05) is 6.04 Å². The van der Waals surface area contributed by atoms with Crippen LogP contribution in [-0.2, 0) is 4.74 Å². The molecule has 1 heterocycles. The second-order valence-electron chi connectivity index (χ2n) is 4.35. The van der Waals surface area contributed by atoms with Crippen molar-refractivity contribution < 1.29 is 14.3 Å². The van der Waals surface area contributed by atoms with Crippen LogP contribution in [0.3, 0.4) is 0 Å². The Morgan fingerprint density at radius 1 is 1.28 bits per heavy atom. The Morgan fingerprint density at radius 2 is 1.94 bits per heavy atom. The van der Waals surface area contributed by atoms with E-state index in [1.807, 2.05) is 0 Å². The van der Waals surface area contributed by atoms with E-state index in [0.717, 1.165) is 25.7 Å². The van der Waals surface area contributed by atoms with Gasteiger partial charge in [-0.15, -0.1) is 0 Å². The van der Waals surface area contributed by atoms with Crippen LogP contribution in [0.1, 0.15) is 46.7 Å². The van der Waals surface area contributed by atoms with Crippen molar-refractivity contribution in [3.63, 3.8) is 0 Å². The molecule has 0 unspecified atom stereocenters. The van der Waals surface area contributed by atoms with Crippen molar-refractivity contribution in [2.24, 2.45) is 0 Å². The van der Waals surface area contributed by atoms with E-state index >= 15 is 0 Å². The van der Waals surface area contributed by atoms with Crippen LogP contribution in [0.4, 0.5) is 0 Å². The second-order valence-corrected chi connectivity index (χ2v) is 4.35. The van der Waals surface area contributed by atoms with Gasteiger partial charge in [0.2, 0.25) is 0 Å². The molecule has 1 N–H and O–H groups in total. The third kappa shape index (κ3) is 2.85. The number of nitrogens with zero attached hydrogens (tertiary/aromatic N) is 1. The van der Waals surface area contributed by atoms with Crippen LogP contribution in [-0.4, -0.2) is 30.0 Å². The highest BCUT2D eigenvalue weighted by Gasteiger charge is 2.19. The van der Waals surface area contributed by atoms with Crippen LogP contribution >= 0.6 is 0 Å². The van der Waals surface area contributed by atoms with Crippen molar-refractivity contribution in [1.29, 1.82) is 0 Å². The van der Waals surface area contributed by atoms with Crippen LogP contribution < -0.4 is 5.32 Å². The van der Waals surface area contributed by atoms with Crippen molar-refractivity contribution in [3.05, 3.63) is 29.6 Å². The molecule has 1 saturated carbocycles. The molecule has 18 heavy (non-hydrogen) atoms. The maximum Gasteiger partial charge on any atom is 0.356 e. The monoisotopic (exact) mass is 248 g/mol. The maximum atomic E-state index is 11.9. The van der Waals surface area contributed by atoms with Gasteiger partial charge in [0.25, 0.3) is 5.91 Å². The summed E-state index contributed by atoms with van der Waals surface area (Å²) in [5.41, 5.74) is 0.404. The zero-order valence-electron chi connectivity index (χ0n) is 10.3. The fourth-order valence-electron chi connectivity index (χ4n) is 2.11. The summed E-state index contributed by atoms with van der Waals surface area (Å²) in [6, 6.07) is 4.98. The molecule has 1 fully saturated rings. The first-order valence-corrected chi connectivity index (χ1v) is 6.07. The minimum absolute atomic E-state index is 0.150.